The summed E-state index contributed by atoms with van der Waals surface area (Å²) in [5.41, 5.74) is 4.42. The van der Waals surface area contributed by atoms with Crippen LogP contribution in [0.5, 0.6) is 11.5 Å². The van der Waals surface area contributed by atoms with Crippen molar-refractivity contribution in [1.82, 2.24) is 9.97 Å². The minimum atomic E-state index is -0.242. The van der Waals surface area contributed by atoms with E-state index >= 15 is 0 Å². The van der Waals surface area contributed by atoms with Crippen LogP contribution in [0.4, 0.5) is 28.8 Å². The van der Waals surface area contributed by atoms with Gasteiger partial charge in [0.2, 0.25) is 5.95 Å². The van der Waals surface area contributed by atoms with Gasteiger partial charge in [-0.15, -0.1) is 12.4 Å². The maximum atomic E-state index is 13.3. The van der Waals surface area contributed by atoms with Crippen molar-refractivity contribution in [3.63, 3.8) is 0 Å². The molecule has 0 aliphatic heterocycles. The Kier molecular flexibility index (Phi) is 10.6. The zero-order valence-corrected chi connectivity index (χ0v) is 25.2. The molecule has 0 aliphatic rings. The SMILES string of the molecule is CCOc1ccc(Nc2nc(C)c(NC(=O)c3ccc(C(C)(C)C)cc3)c(Nc3ccc(OCC)cc3)n2)cc1.Cl. The van der Waals surface area contributed by atoms with Crippen LogP contribution in [0, 0.1) is 6.92 Å². The normalized spacial score (nSPS) is 10.8. The smallest absolute Gasteiger partial charge is 0.255 e. The van der Waals surface area contributed by atoms with Gasteiger partial charge in [-0.1, -0.05) is 32.9 Å². The van der Waals surface area contributed by atoms with Gasteiger partial charge in [-0.05, 0) is 92.4 Å². The monoisotopic (exact) mass is 575 g/mol. The molecule has 1 amide bonds. The van der Waals surface area contributed by atoms with Crippen LogP contribution in [-0.4, -0.2) is 29.1 Å². The first-order valence-corrected chi connectivity index (χ1v) is 13.5. The largest absolute Gasteiger partial charge is 0.494 e. The average Bonchev–Trinajstić information content (AvgIpc) is 2.92. The second-order valence-electron chi connectivity index (χ2n) is 10.3. The topological polar surface area (TPSA) is 97.4 Å². The van der Waals surface area contributed by atoms with Crippen molar-refractivity contribution >= 4 is 47.1 Å². The second-order valence-corrected chi connectivity index (χ2v) is 10.3. The van der Waals surface area contributed by atoms with E-state index in [9.17, 15) is 4.79 Å². The van der Waals surface area contributed by atoms with Gasteiger partial charge in [-0.25, -0.2) is 4.98 Å². The molecule has 3 aromatic carbocycles. The molecule has 0 radical (unpaired) electrons. The summed E-state index contributed by atoms with van der Waals surface area (Å²) in [6.45, 7) is 13.4. The predicted octanol–water partition coefficient (Wildman–Crippen LogP) is 8.04. The molecule has 0 spiro atoms. The fourth-order valence-electron chi connectivity index (χ4n) is 4.04. The molecular weight excluding hydrogens is 538 g/mol. The number of anilines is 5. The Morgan fingerprint density at radius 3 is 1.76 bits per heavy atom. The van der Waals surface area contributed by atoms with Gasteiger partial charge in [0.1, 0.15) is 17.2 Å². The van der Waals surface area contributed by atoms with E-state index < -0.39 is 0 Å². The number of amides is 1. The zero-order chi connectivity index (χ0) is 28.7. The number of aromatic nitrogens is 2. The Labute approximate surface area is 248 Å². The summed E-state index contributed by atoms with van der Waals surface area (Å²) in [6, 6.07) is 22.8. The van der Waals surface area contributed by atoms with Gasteiger partial charge in [0.15, 0.2) is 5.82 Å². The maximum absolute atomic E-state index is 13.3. The lowest BCUT2D eigenvalue weighted by Crippen LogP contribution is -2.17. The molecule has 0 fully saturated rings. The molecule has 0 unspecified atom stereocenters. The van der Waals surface area contributed by atoms with Crippen LogP contribution in [0.25, 0.3) is 0 Å². The highest BCUT2D eigenvalue weighted by Crippen LogP contribution is 2.30. The van der Waals surface area contributed by atoms with Crippen molar-refractivity contribution in [3.05, 3.63) is 89.6 Å². The van der Waals surface area contributed by atoms with E-state index in [1.54, 1.807) is 0 Å². The van der Waals surface area contributed by atoms with E-state index in [1.807, 2.05) is 93.6 Å². The molecular formula is C32H38ClN5O3. The van der Waals surface area contributed by atoms with Gasteiger partial charge in [0, 0.05) is 16.9 Å². The molecule has 0 saturated carbocycles. The number of ether oxygens (including phenoxy) is 2. The quantitative estimate of drug-likeness (QED) is 0.176. The number of nitrogens with zero attached hydrogens (tertiary/aromatic N) is 2. The summed E-state index contributed by atoms with van der Waals surface area (Å²) in [6.07, 6.45) is 0. The number of hydrogen-bond donors (Lipinski definition) is 3. The van der Waals surface area contributed by atoms with E-state index in [0.717, 1.165) is 28.4 Å². The highest BCUT2D eigenvalue weighted by atomic mass is 35.5. The van der Waals surface area contributed by atoms with Gasteiger partial charge in [0.05, 0.1) is 18.9 Å². The van der Waals surface area contributed by atoms with Crippen LogP contribution in [0.3, 0.4) is 0 Å². The number of hydrogen-bond acceptors (Lipinski definition) is 7. The Hall–Kier alpha value is -4.30. The first-order valence-electron chi connectivity index (χ1n) is 13.5. The molecule has 216 valence electrons. The van der Waals surface area contributed by atoms with Gasteiger partial charge in [-0.2, -0.15) is 4.98 Å². The molecule has 4 rings (SSSR count). The number of carbonyl (C=O) groups is 1. The first-order chi connectivity index (χ1) is 19.2. The summed E-state index contributed by atoms with van der Waals surface area (Å²) < 4.78 is 11.1. The number of benzene rings is 3. The van der Waals surface area contributed by atoms with Crippen LogP contribution in [-0.2, 0) is 5.41 Å². The van der Waals surface area contributed by atoms with Gasteiger partial charge < -0.3 is 25.4 Å². The molecule has 0 saturated heterocycles. The van der Waals surface area contributed by atoms with Crippen LogP contribution in [0.2, 0.25) is 0 Å². The Morgan fingerprint density at radius 2 is 1.27 bits per heavy atom. The number of halogens is 1. The summed E-state index contributed by atoms with van der Waals surface area (Å²) in [4.78, 5) is 22.6. The van der Waals surface area contributed by atoms with Crippen molar-refractivity contribution in [3.8, 4) is 11.5 Å². The average molecular weight is 576 g/mol. The van der Waals surface area contributed by atoms with Crippen LogP contribution in [0.1, 0.15) is 56.2 Å². The van der Waals surface area contributed by atoms with Crippen LogP contribution >= 0.6 is 12.4 Å². The van der Waals surface area contributed by atoms with Crippen LogP contribution < -0.4 is 25.4 Å². The van der Waals surface area contributed by atoms with E-state index in [1.165, 1.54) is 0 Å². The second kappa shape index (κ2) is 13.9. The minimum absolute atomic E-state index is 0. The zero-order valence-electron chi connectivity index (χ0n) is 24.4. The fourth-order valence-corrected chi connectivity index (χ4v) is 4.04. The Bertz CT molecular complexity index is 1430. The van der Waals surface area contributed by atoms with Crippen molar-refractivity contribution < 1.29 is 14.3 Å². The van der Waals surface area contributed by atoms with E-state index in [4.69, 9.17) is 14.5 Å². The molecule has 1 heterocycles. The lowest BCUT2D eigenvalue weighted by Gasteiger charge is -2.19. The standard InChI is InChI=1S/C32H37N5O3.ClH/c1-7-39-26-17-13-24(14-18-26)34-29-28(36-30(38)22-9-11-23(12-10-22)32(4,5)6)21(3)33-31(37-29)35-25-15-19-27(20-16-25)40-8-2;/h9-20H,7-8H2,1-6H3,(H,36,38)(H2,33,34,35,37);1H. The summed E-state index contributed by atoms with van der Waals surface area (Å²) in [7, 11) is 0. The Morgan fingerprint density at radius 1 is 0.756 bits per heavy atom. The van der Waals surface area contributed by atoms with Crippen LogP contribution in [0.15, 0.2) is 72.8 Å². The van der Waals surface area contributed by atoms with Gasteiger partial charge >= 0.3 is 0 Å². The molecule has 0 atom stereocenters. The Balaban J connectivity index is 0.00000462. The molecule has 0 bridgehead atoms. The summed E-state index contributed by atoms with van der Waals surface area (Å²) >= 11 is 0. The van der Waals surface area contributed by atoms with Crippen molar-refractivity contribution in [1.29, 1.82) is 0 Å². The van der Waals surface area contributed by atoms with Gasteiger partial charge in [0.25, 0.3) is 5.91 Å². The molecule has 41 heavy (non-hydrogen) atoms. The van der Waals surface area contributed by atoms with E-state index in [0.29, 0.717) is 41.9 Å². The van der Waals surface area contributed by atoms with Gasteiger partial charge in [-0.3, -0.25) is 4.79 Å². The molecule has 9 heteroatoms. The lowest BCUT2D eigenvalue weighted by molar-refractivity contribution is 0.102. The molecule has 0 aliphatic carbocycles. The molecule has 4 aromatic rings. The summed E-state index contributed by atoms with van der Waals surface area (Å²) in [5, 5.41) is 9.61. The third kappa shape index (κ3) is 8.35. The van der Waals surface area contributed by atoms with Crippen molar-refractivity contribution in [2.24, 2.45) is 0 Å². The number of aryl methyl sites for hydroxylation is 1. The first kappa shape index (κ1) is 31.2. The third-order valence-electron chi connectivity index (χ3n) is 6.19. The van der Waals surface area contributed by atoms with E-state index in [2.05, 4.69) is 41.7 Å². The molecule has 8 nitrogen and oxygen atoms in total. The number of carbonyl (C=O) groups excluding carboxylic acids is 1. The van der Waals surface area contributed by atoms with Crippen molar-refractivity contribution in [2.45, 2.75) is 47.0 Å². The van der Waals surface area contributed by atoms with Crippen molar-refractivity contribution in [2.75, 3.05) is 29.2 Å². The fraction of sp³-hybridized carbons (Fsp3) is 0.281. The highest BCUT2D eigenvalue weighted by Gasteiger charge is 2.18. The molecule has 1 aromatic heterocycles. The van der Waals surface area contributed by atoms with E-state index in [-0.39, 0.29) is 23.7 Å². The minimum Gasteiger partial charge on any atom is -0.494 e. The predicted molar refractivity (Wildman–Crippen MR) is 169 cm³/mol. The number of rotatable bonds is 10. The highest BCUT2D eigenvalue weighted by molar-refractivity contribution is 6.06. The third-order valence-corrected chi connectivity index (χ3v) is 6.19. The number of nitrogens with one attached hydrogen (secondary N) is 3. The lowest BCUT2D eigenvalue weighted by atomic mass is 9.87. The maximum Gasteiger partial charge on any atom is 0.255 e. The summed E-state index contributed by atoms with van der Waals surface area (Å²) in [5.74, 6) is 2.18. The molecule has 3 N–H and O–H groups in total.